The summed E-state index contributed by atoms with van der Waals surface area (Å²) in [5.41, 5.74) is 7.57. The van der Waals surface area contributed by atoms with Gasteiger partial charge < -0.3 is 11.1 Å². The number of rotatable bonds is 5. The molecule has 0 spiro atoms. The first-order chi connectivity index (χ1) is 14.0. The topological polar surface area (TPSA) is 132 Å². The molecule has 2 aromatic carbocycles. The Hall–Kier alpha value is -4.27. The quantitative estimate of drug-likeness (QED) is 0.483. The second-order valence-electron chi connectivity index (χ2n) is 6.31. The maximum absolute atomic E-state index is 12.7. The van der Waals surface area contributed by atoms with Gasteiger partial charge >= 0.3 is 0 Å². The molecule has 4 N–H and O–H groups in total. The summed E-state index contributed by atoms with van der Waals surface area (Å²) in [5.74, 6) is 0.0794. The normalized spacial score (nSPS) is 10.7. The number of amides is 2. The molecule has 0 aliphatic rings. The van der Waals surface area contributed by atoms with Crippen LogP contribution in [-0.2, 0) is 0 Å². The molecule has 0 unspecified atom stereocenters. The van der Waals surface area contributed by atoms with E-state index >= 15 is 0 Å². The number of aryl methyl sites for hydroxylation is 1. The number of primary amides is 1. The van der Waals surface area contributed by atoms with Crippen LogP contribution in [0.2, 0.25) is 0 Å². The maximum atomic E-state index is 12.7. The highest BCUT2D eigenvalue weighted by Crippen LogP contribution is 2.20. The van der Waals surface area contributed by atoms with Gasteiger partial charge in [-0.1, -0.05) is 30.3 Å². The first-order valence-corrected chi connectivity index (χ1v) is 8.77. The fourth-order valence-corrected chi connectivity index (χ4v) is 2.84. The van der Waals surface area contributed by atoms with Crippen molar-refractivity contribution < 1.29 is 9.59 Å². The summed E-state index contributed by atoms with van der Waals surface area (Å²) in [4.78, 5) is 28.8. The number of para-hydroxylation sites is 1. The van der Waals surface area contributed by atoms with E-state index in [1.54, 1.807) is 42.5 Å². The zero-order chi connectivity index (χ0) is 20.4. The van der Waals surface area contributed by atoms with Gasteiger partial charge in [0.2, 0.25) is 0 Å². The number of carbonyl (C=O) groups is 2. The molecule has 9 nitrogen and oxygen atoms in total. The third-order valence-electron chi connectivity index (χ3n) is 4.17. The third-order valence-corrected chi connectivity index (χ3v) is 4.17. The largest absolute Gasteiger partial charge is 0.364 e. The molecule has 2 aromatic heterocycles. The summed E-state index contributed by atoms with van der Waals surface area (Å²) < 4.78 is 1.35. The van der Waals surface area contributed by atoms with Crippen LogP contribution in [0.15, 0.2) is 60.7 Å². The SMILES string of the molecule is Cc1nc(-c2cccc(NC(=O)c3cc(C(N)=O)n(-c4ccccc4)n3)c2)n[nH]1. The van der Waals surface area contributed by atoms with Crippen molar-refractivity contribution in [3.05, 3.63) is 77.9 Å². The van der Waals surface area contributed by atoms with Crippen LogP contribution in [0.5, 0.6) is 0 Å². The molecule has 29 heavy (non-hydrogen) atoms. The van der Waals surface area contributed by atoms with Gasteiger partial charge in [0.15, 0.2) is 11.5 Å². The summed E-state index contributed by atoms with van der Waals surface area (Å²) in [6.45, 7) is 1.81. The van der Waals surface area contributed by atoms with Crippen LogP contribution in [0.25, 0.3) is 17.1 Å². The second-order valence-corrected chi connectivity index (χ2v) is 6.31. The molecular weight excluding hydrogens is 370 g/mol. The summed E-state index contributed by atoms with van der Waals surface area (Å²) in [5, 5.41) is 13.9. The predicted octanol–water partition coefficient (Wildman–Crippen LogP) is 2.32. The van der Waals surface area contributed by atoms with Crippen molar-refractivity contribution in [2.45, 2.75) is 6.92 Å². The van der Waals surface area contributed by atoms with Gasteiger partial charge in [-0.3, -0.25) is 14.7 Å². The molecule has 4 aromatic rings. The molecule has 144 valence electrons. The van der Waals surface area contributed by atoms with Crippen LogP contribution in [0.4, 0.5) is 5.69 Å². The molecule has 0 bridgehead atoms. The van der Waals surface area contributed by atoms with Crippen molar-refractivity contribution in [2.24, 2.45) is 5.73 Å². The highest BCUT2D eigenvalue weighted by molar-refractivity contribution is 6.05. The van der Waals surface area contributed by atoms with Gasteiger partial charge in [-0.15, -0.1) is 0 Å². The molecule has 0 fully saturated rings. The van der Waals surface area contributed by atoms with E-state index in [2.05, 4.69) is 25.6 Å². The molecule has 4 rings (SSSR count). The molecule has 0 atom stereocenters. The third kappa shape index (κ3) is 3.74. The van der Waals surface area contributed by atoms with Crippen molar-refractivity contribution in [3.63, 3.8) is 0 Å². The van der Waals surface area contributed by atoms with Gasteiger partial charge in [0.05, 0.1) is 5.69 Å². The number of nitrogens with zero attached hydrogens (tertiary/aromatic N) is 4. The summed E-state index contributed by atoms with van der Waals surface area (Å²) in [7, 11) is 0. The first-order valence-electron chi connectivity index (χ1n) is 8.77. The van der Waals surface area contributed by atoms with E-state index < -0.39 is 11.8 Å². The molecule has 0 radical (unpaired) electrons. The van der Waals surface area contributed by atoms with Crippen molar-refractivity contribution in [1.29, 1.82) is 0 Å². The Bertz CT molecular complexity index is 1190. The highest BCUT2D eigenvalue weighted by atomic mass is 16.2. The maximum Gasteiger partial charge on any atom is 0.276 e. The summed E-state index contributed by atoms with van der Waals surface area (Å²) in [6, 6.07) is 17.5. The predicted molar refractivity (Wildman–Crippen MR) is 107 cm³/mol. The lowest BCUT2D eigenvalue weighted by Gasteiger charge is -2.05. The zero-order valence-electron chi connectivity index (χ0n) is 15.5. The Labute approximate surface area is 165 Å². The highest BCUT2D eigenvalue weighted by Gasteiger charge is 2.19. The molecule has 9 heteroatoms. The van der Waals surface area contributed by atoms with Crippen LogP contribution >= 0.6 is 0 Å². The van der Waals surface area contributed by atoms with E-state index in [4.69, 9.17) is 5.73 Å². The van der Waals surface area contributed by atoms with E-state index in [1.807, 2.05) is 19.1 Å². The van der Waals surface area contributed by atoms with Crippen molar-refractivity contribution >= 4 is 17.5 Å². The van der Waals surface area contributed by atoms with Gasteiger partial charge in [-0.2, -0.15) is 10.2 Å². The number of nitrogens with one attached hydrogen (secondary N) is 2. The molecule has 2 heterocycles. The number of benzene rings is 2. The van der Waals surface area contributed by atoms with Gasteiger partial charge in [0.25, 0.3) is 11.8 Å². The monoisotopic (exact) mass is 387 g/mol. The summed E-state index contributed by atoms with van der Waals surface area (Å²) in [6.07, 6.45) is 0. The Morgan fingerprint density at radius 3 is 2.55 bits per heavy atom. The zero-order valence-corrected chi connectivity index (χ0v) is 15.5. The number of aromatic amines is 1. The Kier molecular flexibility index (Phi) is 4.62. The Morgan fingerprint density at radius 2 is 1.86 bits per heavy atom. The summed E-state index contributed by atoms with van der Waals surface area (Å²) >= 11 is 0. The van der Waals surface area contributed by atoms with Crippen LogP contribution < -0.4 is 11.1 Å². The van der Waals surface area contributed by atoms with Gasteiger partial charge in [-0.05, 0) is 31.2 Å². The lowest BCUT2D eigenvalue weighted by Crippen LogP contribution is -2.16. The number of H-pyrrole nitrogens is 1. The fourth-order valence-electron chi connectivity index (χ4n) is 2.84. The average molecular weight is 387 g/mol. The van der Waals surface area contributed by atoms with Gasteiger partial charge in [-0.25, -0.2) is 9.67 Å². The molecule has 2 amide bonds. The van der Waals surface area contributed by atoms with Crippen LogP contribution in [0, 0.1) is 6.92 Å². The standard InChI is InChI=1S/C20H17N7O2/c1-12-22-19(25-24-12)13-6-5-7-14(10-13)23-20(29)16-11-17(18(21)28)27(26-16)15-8-3-2-4-9-15/h2-11H,1H3,(H2,21,28)(H,23,29)(H,22,24,25). The molecule has 0 saturated heterocycles. The van der Waals surface area contributed by atoms with Crippen molar-refractivity contribution in [3.8, 4) is 17.1 Å². The molecule has 0 aliphatic heterocycles. The van der Waals surface area contributed by atoms with E-state index in [0.29, 0.717) is 23.0 Å². The molecular formula is C20H17N7O2. The van der Waals surface area contributed by atoms with E-state index in [-0.39, 0.29) is 11.4 Å². The number of hydrogen-bond acceptors (Lipinski definition) is 5. The Balaban J connectivity index is 1.62. The van der Waals surface area contributed by atoms with Crippen molar-refractivity contribution in [2.75, 3.05) is 5.32 Å². The second kappa shape index (κ2) is 7.39. The van der Waals surface area contributed by atoms with Crippen molar-refractivity contribution in [1.82, 2.24) is 25.0 Å². The van der Waals surface area contributed by atoms with E-state index in [1.165, 1.54) is 10.7 Å². The van der Waals surface area contributed by atoms with Gasteiger partial charge in [0.1, 0.15) is 11.5 Å². The van der Waals surface area contributed by atoms with Crippen LogP contribution in [0.1, 0.15) is 26.8 Å². The number of carbonyl (C=O) groups excluding carboxylic acids is 2. The minimum Gasteiger partial charge on any atom is -0.364 e. The minimum absolute atomic E-state index is 0.0711. The number of anilines is 1. The smallest absolute Gasteiger partial charge is 0.276 e. The minimum atomic E-state index is -0.678. The average Bonchev–Trinajstić information content (AvgIpc) is 3.36. The number of nitrogens with two attached hydrogens (primary N) is 1. The van der Waals surface area contributed by atoms with Gasteiger partial charge in [0, 0.05) is 17.3 Å². The molecule has 0 saturated carbocycles. The van der Waals surface area contributed by atoms with Crippen LogP contribution in [-0.4, -0.2) is 36.8 Å². The van der Waals surface area contributed by atoms with E-state index in [9.17, 15) is 9.59 Å². The molecule has 0 aliphatic carbocycles. The van der Waals surface area contributed by atoms with E-state index in [0.717, 1.165) is 5.56 Å². The number of aromatic nitrogens is 5. The lowest BCUT2D eigenvalue weighted by atomic mass is 10.2. The first kappa shape index (κ1) is 18.1. The lowest BCUT2D eigenvalue weighted by molar-refractivity contribution is 0.0991. The fraction of sp³-hybridized carbons (Fsp3) is 0.0500. The Morgan fingerprint density at radius 1 is 1.07 bits per heavy atom. The number of hydrogen-bond donors (Lipinski definition) is 3. The van der Waals surface area contributed by atoms with Crippen LogP contribution in [0.3, 0.4) is 0 Å².